The molecule has 19 heavy (non-hydrogen) atoms. The van der Waals surface area contributed by atoms with Crippen molar-refractivity contribution in [1.29, 1.82) is 0 Å². The van der Waals surface area contributed by atoms with Gasteiger partial charge in [0.25, 0.3) is 0 Å². The van der Waals surface area contributed by atoms with Crippen molar-refractivity contribution in [3.8, 4) is 0 Å². The van der Waals surface area contributed by atoms with Gasteiger partial charge in [-0.1, -0.05) is 0 Å². The number of pyridine rings is 1. The maximum Gasteiger partial charge on any atom is 0.434 e. The molecule has 0 amide bonds. The first kappa shape index (κ1) is 15.3. The fraction of sp³-hybridized carbons (Fsp3) is 0.333. The highest BCUT2D eigenvalue weighted by molar-refractivity contribution is 7.86. The summed E-state index contributed by atoms with van der Waals surface area (Å²) in [6.45, 7) is 1.11. The molecule has 0 atom stereocenters. The van der Waals surface area contributed by atoms with Crippen LogP contribution in [-0.4, -0.2) is 26.0 Å². The second-order valence-electron chi connectivity index (χ2n) is 3.22. The number of rotatable bonds is 3. The first-order chi connectivity index (χ1) is 8.57. The van der Waals surface area contributed by atoms with Crippen LogP contribution < -0.4 is 0 Å². The molecule has 0 aliphatic rings. The first-order valence-corrected chi connectivity index (χ1v) is 6.14. The van der Waals surface area contributed by atoms with Gasteiger partial charge in [-0.3, -0.25) is 0 Å². The highest BCUT2D eigenvalue weighted by Gasteiger charge is 2.38. The molecule has 0 fully saturated rings. The lowest BCUT2D eigenvalue weighted by atomic mass is 10.2. The third-order valence-electron chi connectivity index (χ3n) is 1.91. The van der Waals surface area contributed by atoms with Crippen LogP contribution in [-0.2, 0) is 21.1 Å². The lowest BCUT2D eigenvalue weighted by Crippen LogP contribution is -2.18. The normalized spacial score (nSPS) is 12.3. The zero-order valence-electron chi connectivity index (χ0n) is 9.36. The molecule has 106 valence electrons. The van der Waals surface area contributed by atoms with E-state index < -0.39 is 38.5 Å². The summed E-state index contributed by atoms with van der Waals surface area (Å²) in [7, 11) is -5.27. The fourth-order valence-electron chi connectivity index (χ4n) is 1.17. The van der Waals surface area contributed by atoms with Crippen molar-refractivity contribution in [3.05, 3.63) is 23.5 Å². The highest BCUT2D eigenvalue weighted by atomic mass is 32.3. The average Bonchev–Trinajstić information content (AvgIpc) is 2.26. The number of hydrogen-bond acceptors (Lipinski definition) is 5. The second-order valence-corrected chi connectivity index (χ2v) is 4.57. The van der Waals surface area contributed by atoms with Crippen LogP contribution in [0.3, 0.4) is 0 Å². The van der Waals surface area contributed by atoms with E-state index in [2.05, 4.69) is 9.72 Å². The molecule has 0 radical (unpaired) electrons. The average molecular weight is 301 g/mol. The maximum atomic E-state index is 12.7. The summed E-state index contributed by atoms with van der Waals surface area (Å²) in [6.07, 6.45) is -4.82. The van der Waals surface area contributed by atoms with E-state index in [9.17, 15) is 30.3 Å². The summed E-state index contributed by atoms with van der Waals surface area (Å²) in [4.78, 5) is 12.9. The molecular weight excluding hydrogens is 294 g/mol. The number of aromatic nitrogens is 1. The molecule has 0 unspecified atom stereocenters. The summed E-state index contributed by atoms with van der Waals surface area (Å²) < 4.78 is 75.9. The van der Waals surface area contributed by atoms with Gasteiger partial charge in [0.1, 0.15) is 4.90 Å². The Morgan fingerprint density at radius 1 is 1.42 bits per heavy atom. The van der Waals surface area contributed by atoms with Gasteiger partial charge in [0.05, 0.1) is 12.2 Å². The van der Waals surface area contributed by atoms with Crippen LogP contribution in [0, 0.1) is 0 Å². The molecular formula is C9H7F4NO4S. The molecule has 10 heteroatoms. The van der Waals surface area contributed by atoms with Crippen molar-refractivity contribution in [2.24, 2.45) is 0 Å². The number of halogens is 4. The molecule has 0 saturated carbocycles. The molecule has 0 spiro atoms. The molecule has 1 heterocycles. The molecule has 0 aliphatic heterocycles. The lowest BCUT2D eigenvalue weighted by Gasteiger charge is -2.11. The van der Waals surface area contributed by atoms with E-state index in [1.165, 1.54) is 6.92 Å². The van der Waals surface area contributed by atoms with Crippen molar-refractivity contribution < 1.29 is 35.0 Å². The van der Waals surface area contributed by atoms with Gasteiger partial charge in [-0.2, -0.15) is 21.6 Å². The fourth-order valence-corrected chi connectivity index (χ4v) is 1.61. The molecule has 0 bridgehead atoms. The van der Waals surface area contributed by atoms with Crippen molar-refractivity contribution >= 4 is 16.2 Å². The third-order valence-corrected chi connectivity index (χ3v) is 2.69. The maximum absolute atomic E-state index is 12.7. The molecule has 0 aliphatic carbocycles. The van der Waals surface area contributed by atoms with Crippen LogP contribution in [0.2, 0.25) is 0 Å². The van der Waals surface area contributed by atoms with Gasteiger partial charge in [0.2, 0.25) is 0 Å². The standard InChI is InChI=1S/C9H7F4NO4S/c1-2-18-8(15)6-3-5(19(13,16)17)4-14-7(6)9(10,11)12/h3-4H,2H2,1H3. The van der Waals surface area contributed by atoms with Crippen molar-refractivity contribution in [1.82, 2.24) is 4.98 Å². The van der Waals surface area contributed by atoms with Gasteiger partial charge in [-0.15, -0.1) is 3.89 Å². The predicted octanol–water partition coefficient (Wildman–Crippen LogP) is 1.94. The largest absolute Gasteiger partial charge is 0.462 e. The molecule has 5 nitrogen and oxygen atoms in total. The summed E-state index contributed by atoms with van der Waals surface area (Å²) in [5.74, 6) is -1.44. The zero-order valence-corrected chi connectivity index (χ0v) is 10.2. The molecule has 0 saturated heterocycles. The summed E-state index contributed by atoms with van der Waals surface area (Å²) in [6, 6.07) is 0.239. The summed E-state index contributed by atoms with van der Waals surface area (Å²) >= 11 is 0. The van der Waals surface area contributed by atoms with Gasteiger partial charge in [-0.05, 0) is 13.0 Å². The van der Waals surface area contributed by atoms with Gasteiger partial charge < -0.3 is 4.74 Å². The Kier molecular flexibility index (Phi) is 4.13. The number of hydrogen-bond donors (Lipinski definition) is 0. The SMILES string of the molecule is CCOC(=O)c1cc(S(=O)(=O)F)cnc1C(F)(F)F. The van der Waals surface area contributed by atoms with Crippen molar-refractivity contribution in [2.45, 2.75) is 18.0 Å². The Labute approximate surface area is 105 Å². The summed E-state index contributed by atoms with van der Waals surface area (Å²) in [5.41, 5.74) is -2.80. The Morgan fingerprint density at radius 3 is 2.42 bits per heavy atom. The Morgan fingerprint density at radius 2 is 2.00 bits per heavy atom. The van der Waals surface area contributed by atoms with Crippen LogP contribution in [0.1, 0.15) is 23.0 Å². The van der Waals surface area contributed by atoms with Gasteiger partial charge in [0, 0.05) is 6.20 Å². The van der Waals surface area contributed by atoms with Crippen LogP contribution in [0.15, 0.2) is 17.2 Å². The molecule has 0 aromatic carbocycles. The number of carbonyl (C=O) groups excluding carboxylic acids is 1. The highest BCUT2D eigenvalue weighted by Crippen LogP contribution is 2.31. The monoisotopic (exact) mass is 301 g/mol. The zero-order chi connectivity index (χ0) is 14.8. The van der Waals surface area contributed by atoms with Gasteiger partial charge >= 0.3 is 22.4 Å². The number of alkyl halides is 3. The van der Waals surface area contributed by atoms with E-state index in [1.54, 1.807) is 0 Å². The second kappa shape index (κ2) is 5.11. The quantitative estimate of drug-likeness (QED) is 0.484. The van der Waals surface area contributed by atoms with E-state index in [4.69, 9.17) is 0 Å². The van der Waals surface area contributed by atoms with Gasteiger partial charge in [0.15, 0.2) is 5.69 Å². The Bertz CT molecular complexity index is 597. The Balaban J connectivity index is 3.48. The molecule has 0 N–H and O–H groups in total. The summed E-state index contributed by atoms with van der Waals surface area (Å²) in [5, 5.41) is 0. The molecule has 1 rings (SSSR count). The van der Waals surface area contributed by atoms with Crippen molar-refractivity contribution in [3.63, 3.8) is 0 Å². The Hall–Kier alpha value is -1.71. The number of ether oxygens (including phenoxy) is 1. The number of nitrogens with zero attached hydrogens (tertiary/aromatic N) is 1. The topological polar surface area (TPSA) is 73.3 Å². The number of carbonyl (C=O) groups is 1. The number of esters is 1. The van der Waals surface area contributed by atoms with E-state index in [0.717, 1.165) is 0 Å². The van der Waals surface area contributed by atoms with E-state index in [-0.39, 0.29) is 18.9 Å². The molecule has 1 aromatic rings. The van der Waals surface area contributed by atoms with Crippen molar-refractivity contribution in [2.75, 3.05) is 6.61 Å². The van der Waals surface area contributed by atoms with Crippen LogP contribution >= 0.6 is 0 Å². The third kappa shape index (κ3) is 3.63. The van der Waals surface area contributed by atoms with E-state index in [1.807, 2.05) is 0 Å². The smallest absolute Gasteiger partial charge is 0.434 e. The van der Waals surface area contributed by atoms with Crippen LogP contribution in [0.5, 0.6) is 0 Å². The minimum atomic E-state index is -5.27. The van der Waals surface area contributed by atoms with E-state index >= 15 is 0 Å². The molecule has 1 aromatic heterocycles. The lowest BCUT2D eigenvalue weighted by molar-refractivity contribution is -0.141. The minimum Gasteiger partial charge on any atom is -0.462 e. The first-order valence-electron chi connectivity index (χ1n) is 4.76. The van der Waals surface area contributed by atoms with Crippen LogP contribution in [0.4, 0.5) is 17.1 Å². The predicted molar refractivity (Wildman–Crippen MR) is 53.5 cm³/mol. The minimum absolute atomic E-state index is 0.181. The van der Waals surface area contributed by atoms with E-state index in [0.29, 0.717) is 0 Å². The van der Waals surface area contributed by atoms with Crippen LogP contribution in [0.25, 0.3) is 0 Å². The van der Waals surface area contributed by atoms with Gasteiger partial charge in [-0.25, -0.2) is 9.78 Å².